The molecule has 0 saturated carbocycles. The number of nitrogens with one attached hydrogen (secondary N) is 2. The van der Waals surface area contributed by atoms with Crippen molar-refractivity contribution < 1.29 is 9.47 Å². The van der Waals surface area contributed by atoms with E-state index in [0.29, 0.717) is 36.5 Å². The third kappa shape index (κ3) is 8.86. The molecule has 0 heterocycles. The molecule has 0 aromatic heterocycles. The van der Waals surface area contributed by atoms with Crippen molar-refractivity contribution in [3.8, 4) is 11.5 Å². The molecule has 0 aliphatic carbocycles. The zero-order chi connectivity index (χ0) is 27.9. The topological polar surface area (TPSA) is 66.2 Å². The van der Waals surface area contributed by atoms with E-state index in [1.165, 1.54) is 5.56 Å². The molecule has 4 nitrogen and oxygen atoms in total. The van der Waals surface area contributed by atoms with Gasteiger partial charge >= 0.3 is 0 Å². The monoisotopic (exact) mass is 512 g/mol. The van der Waals surface area contributed by atoms with Gasteiger partial charge in [0.1, 0.15) is 24.7 Å². The largest absolute Gasteiger partial charge is 0.489 e. The molecule has 4 heteroatoms. The van der Waals surface area contributed by atoms with Crippen LogP contribution in [-0.4, -0.2) is 11.4 Å². The van der Waals surface area contributed by atoms with E-state index in [4.69, 9.17) is 20.3 Å². The van der Waals surface area contributed by atoms with Gasteiger partial charge in [0.25, 0.3) is 0 Å². The number of hydrogen-bond donors (Lipinski definition) is 2. The molecule has 0 aliphatic heterocycles. The van der Waals surface area contributed by atoms with E-state index in [0.717, 1.165) is 46.6 Å². The quantitative estimate of drug-likeness (QED) is 0.238. The van der Waals surface area contributed by atoms with E-state index in [2.05, 4.69) is 66.7 Å². The van der Waals surface area contributed by atoms with Crippen LogP contribution in [0.25, 0.3) is 0 Å². The minimum absolute atomic E-state index is 0.00160. The van der Waals surface area contributed by atoms with E-state index < -0.39 is 0 Å². The number of hydrogen-bond acceptors (Lipinski definition) is 4. The molecule has 3 aromatic rings. The van der Waals surface area contributed by atoms with Gasteiger partial charge in [0, 0.05) is 11.4 Å². The van der Waals surface area contributed by atoms with Crippen molar-refractivity contribution >= 4 is 11.4 Å². The molecule has 0 aliphatic rings. The molecule has 2 N–H and O–H groups in total. The summed E-state index contributed by atoms with van der Waals surface area (Å²) >= 11 is 0. The normalized spacial score (nSPS) is 11.6. The highest BCUT2D eigenvalue weighted by Crippen LogP contribution is 2.27. The maximum atomic E-state index is 8.27. The zero-order valence-electron chi connectivity index (χ0n) is 24.2. The van der Waals surface area contributed by atoms with Gasteiger partial charge in [0.2, 0.25) is 0 Å². The first-order chi connectivity index (χ1) is 17.9. The highest BCUT2D eigenvalue weighted by Gasteiger charge is 2.16. The van der Waals surface area contributed by atoms with Gasteiger partial charge in [-0.2, -0.15) is 0 Å². The van der Waals surface area contributed by atoms with Crippen LogP contribution in [-0.2, 0) is 18.6 Å². The Morgan fingerprint density at radius 1 is 0.632 bits per heavy atom. The lowest BCUT2D eigenvalue weighted by atomic mass is 9.85. The zero-order valence-corrected chi connectivity index (χ0v) is 24.2. The third-order valence-electron chi connectivity index (χ3n) is 6.36. The Balaban J connectivity index is 1.68. The molecule has 202 valence electrons. The van der Waals surface area contributed by atoms with E-state index >= 15 is 0 Å². The van der Waals surface area contributed by atoms with Crippen LogP contribution in [0.2, 0.25) is 0 Å². The highest BCUT2D eigenvalue weighted by molar-refractivity contribution is 5.98. The first-order valence-corrected chi connectivity index (χ1v) is 13.7. The van der Waals surface area contributed by atoms with Crippen molar-refractivity contribution in [2.45, 2.75) is 79.9 Å². The van der Waals surface area contributed by atoms with Crippen LogP contribution >= 0.6 is 0 Å². The van der Waals surface area contributed by atoms with Crippen molar-refractivity contribution in [2.75, 3.05) is 0 Å². The van der Waals surface area contributed by atoms with Gasteiger partial charge in [-0.15, -0.1) is 0 Å². The molecule has 0 saturated heterocycles. The summed E-state index contributed by atoms with van der Waals surface area (Å²) in [5, 5.41) is 16.5. The van der Waals surface area contributed by atoms with Crippen molar-refractivity contribution in [2.24, 2.45) is 11.8 Å². The molecule has 3 rings (SSSR count). The Hall–Kier alpha value is -3.40. The first-order valence-electron chi connectivity index (χ1n) is 13.7. The molecule has 0 fully saturated rings. The van der Waals surface area contributed by atoms with Crippen LogP contribution in [0.4, 0.5) is 0 Å². The first kappa shape index (κ1) is 29.2. The molecule has 0 radical (unpaired) electrons. The minimum atomic E-state index is 0.00160. The van der Waals surface area contributed by atoms with E-state index in [-0.39, 0.29) is 5.41 Å². The summed E-state index contributed by atoms with van der Waals surface area (Å²) in [6, 6.07) is 22.3. The van der Waals surface area contributed by atoms with Crippen LogP contribution in [0, 0.1) is 22.7 Å². The molecule has 0 unspecified atom stereocenters. The summed E-state index contributed by atoms with van der Waals surface area (Å²) in [5.41, 5.74) is 6.68. The molecule has 0 bridgehead atoms. The van der Waals surface area contributed by atoms with E-state index in [1.54, 1.807) is 0 Å². The number of ether oxygens (including phenoxy) is 2. The molecule has 38 heavy (non-hydrogen) atoms. The second kappa shape index (κ2) is 12.9. The lowest BCUT2D eigenvalue weighted by Crippen LogP contribution is -2.13. The minimum Gasteiger partial charge on any atom is -0.489 e. The van der Waals surface area contributed by atoms with Gasteiger partial charge in [-0.1, -0.05) is 60.6 Å². The van der Waals surface area contributed by atoms with Gasteiger partial charge < -0.3 is 20.3 Å². The van der Waals surface area contributed by atoms with Crippen molar-refractivity contribution in [1.82, 2.24) is 0 Å². The molecular weight excluding hydrogens is 468 g/mol. The average Bonchev–Trinajstić information content (AvgIpc) is 2.85. The summed E-state index contributed by atoms with van der Waals surface area (Å²) in [6.45, 7) is 16.1. The van der Waals surface area contributed by atoms with Crippen LogP contribution in [0.3, 0.4) is 0 Å². The van der Waals surface area contributed by atoms with Crippen LogP contribution in [0.5, 0.6) is 11.5 Å². The van der Waals surface area contributed by atoms with Crippen molar-refractivity contribution in [1.29, 1.82) is 10.8 Å². The summed E-state index contributed by atoms with van der Waals surface area (Å²) in [7, 11) is 0. The van der Waals surface area contributed by atoms with Gasteiger partial charge in [0.05, 0.1) is 0 Å². The molecule has 3 aromatic carbocycles. The number of benzene rings is 3. The number of rotatable bonds is 12. The van der Waals surface area contributed by atoms with Gasteiger partial charge in [-0.25, -0.2) is 0 Å². The van der Waals surface area contributed by atoms with Gasteiger partial charge in [-0.3, -0.25) is 0 Å². The smallest absolute Gasteiger partial charge is 0.119 e. The molecule has 0 atom stereocenters. The van der Waals surface area contributed by atoms with E-state index in [9.17, 15) is 0 Å². The lowest BCUT2D eigenvalue weighted by Gasteiger charge is -2.22. The SMILES string of the molecule is CC(C)CC(=N)c1ccc(OCc2cc(COc3ccc(C(=N)CC(C)C)cc3)cc(C(C)(C)C)c2)cc1. The lowest BCUT2D eigenvalue weighted by molar-refractivity contribution is 0.299. The van der Waals surface area contributed by atoms with Gasteiger partial charge in [0.15, 0.2) is 0 Å². The maximum Gasteiger partial charge on any atom is 0.119 e. The second-order valence-electron chi connectivity index (χ2n) is 12.1. The van der Waals surface area contributed by atoms with Crippen LogP contribution < -0.4 is 9.47 Å². The average molecular weight is 513 g/mol. The summed E-state index contributed by atoms with van der Waals surface area (Å²) < 4.78 is 12.2. The Morgan fingerprint density at radius 2 is 1.00 bits per heavy atom. The fourth-order valence-electron chi connectivity index (χ4n) is 4.25. The van der Waals surface area contributed by atoms with Crippen molar-refractivity contribution in [3.05, 3.63) is 94.5 Å². The molecule has 0 amide bonds. The van der Waals surface area contributed by atoms with Crippen molar-refractivity contribution in [3.63, 3.8) is 0 Å². The molecule has 0 spiro atoms. The fourth-order valence-corrected chi connectivity index (χ4v) is 4.25. The van der Waals surface area contributed by atoms with E-state index in [1.807, 2.05) is 48.5 Å². The summed E-state index contributed by atoms with van der Waals surface area (Å²) in [5.74, 6) is 2.53. The second-order valence-corrected chi connectivity index (χ2v) is 12.1. The summed E-state index contributed by atoms with van der Waals surface area (Å²) in [4.78, 5) is 0. The third-order valence-corrected chi connectivity index (χ3v) is 6.36. The van der Waals surface area contributed by atoms with Gasteiger partial charge in [-0.05, 0) is 113 Å². The predicted octanol–water partition coefficient (Wildman–Crippen LogP) is 8.97. The standard InChI is InChI=1S/C34H44N2O2/c1-23(2)16-32(35)27-8-12-30(13-9-27)37-21-25-18-26(20-29(19-25)34(5,6)7)22-38-31-14-10-28(11-15-31)33(36)17-24(3)4/h8-15,18-20,23-24,35-36H,16-17,21-22H2,1-7H3. The maximum absolute atomic E-state index is 8.27. The van der Waals surface area contributed by atoms with Crippen LogP contribution in [0.15, 0.2) is 66.7 Å². The summed E-state index contributed by atoms with van der Waals surface area (Å²) in [6.07, 6.45) is 1.55. The highest BCUT2D eigenvalue weighted by atomic mass is 16.5. The van der Waals surface area contributed by atoms with Crippen LogP contribution in [0.1, 0.15) is 89.1 Å². The Labute approximate surface area is 229 Å². The Bertz CT molecular complexity index is 1130. The molecular formula is C34H44N2O2. The Kier molecular flexibility index (Phi) is 9.90. The Morgan fingerprint density at radius 3 is 1.32 bits per heavy atom. The predicted molar refractivity (Wildman–Crippen MR) is 159 cm³/mol. The fraction of sp³-hybridized carbons (Fsp3) is 0.412.